The summed E-state index contributed by atoms with van der Waals surface area (Å²) in [5.41, 5.74) is 0.396. The molecule has 0 aliphatic rings. The van der Waals surface area contributed by atoms with Gasteiger partial charge in [-0.25, -0.2) is 25.3 Å². The standard InChI is InChI=1S/3C7H8O4S.Al/c3*8-5-6-3-1-2-4-7(6)12(9,10)11;/h3*1-4,8H,5H2,(H,9,10,11);/q;;;+3/p-3. The molecule has 3 aromatic rings. The van der Waals surface area contributed by atoms with Gasteiger partial charge in [0.25, 0.3) is 0 Å². The fraction of sp³-hybridized carbons (Fsp3) is 0.143. The van der Waals surface area contributed by atoms with Crippen molar-refractivity contribution in [3.8, 4) is 0 Å². The molecular formula is C21H21AlO12S3. The maximum atomic E-state index is 10.5. The molecule has 0 fully saturated rings. The van der Waals surface area contributed by atoms with E-state index >= 15 is 0 Å². The Labute approximate surface area is 225 Å². The van der Waals surface area contributed by atoms with Crippen LogP contribution in [0.5, 0.6) is 0 Å². The Morgan fingerprint density at radius 2 is 0.649 bits per heavy atom. The van der Waals surface area contributed by atoms with Crippen molar-refractivity contribution in [1.29, 1.82) is 0 Å². The van der Waals surface area contributed by atoms with Crippen molar-refractivity contribution in [2.45, 2.75) is 34.5 Å². The van der Waals surface area contributed by atoms with Crippen molar-refractivity contribution in [2.75, 3.05) is 0 Å². The van der Waals surface area contributed by atoms with Crippen molar-refractivity contribution in [1.82, 2.24) is 0 Å². The van der Waals surface area contributed by atoms with Crippen LogP contribution in [-0.4, -0.2) is 71.6 Å². The Bertz CT molecular complexity index is 1290. The zero-order valence-electron chi connectivity index (χ0n) is 18.9. The molecule has 0 bridgehead atoms. The molecule has 0 amide bonds. The van der Waals surface area contributed by atoms with E-state index in [1.165, 1.54) is 54.6 Å². The topological polar surface area (TPSA) is 232 Å². The summed E-state index contributed by atoms with van der Waals surface area (Å²) in [5, 5.41) is 26.0. The second-order valence-electron chi connectivity index (χ2n) is 6.66. The van der Waals surface area contributed by atoms with Crippen LogP contribution in [0.2, 0.25) is 0 Å². The normalized spacial score (nSPS) is 11.2. The fourth-order valence-corrected chi connectivity index (χ4v) is 4.73. The molecule has 0 radical (unpaired) electrons. The van der Waals surface area contributed by atoms with Gasteiger partial charge in [0.15, 0.2) is 0 Å². The first kappa shape index (κ1) is 34.8. The number of hydrogen-bond acceptors (Lipinski definition) is 12. The van der Waals surface area contributed by atoms with Gasteiger partial charge in [0.05, 0.1) is 34.5 Å². The third kappa shape index (κ3) is 11.4. The van der Waals surface area contributed by atoms with Crippen molar-refractivity contribution in [2.24, 2.45) is 0 Å². The number of hydrogen-bond donors (Lipinski definition) is 3. The number of rotatable bonds is 6. The molecule has 3 aromatic carbocycles. The van der Waals surface area contributed by atoms with Gasteiger partial charge < -0.3 is 29.0 Å². The first-order valence-electron chi connectivity index (χ1n) is 9.60. The van der Waals surface area contributed by atoms with Crippen molar-refractivity contribution < 1.29 is 54.2 Å². The first-order chi connectivity index (χ1) is 16.7. The fourth-order valence-electron chi connectivity index (χ4n) is 2.64. The molecule has 0 heterocycles. The SMILES string of the molecule is O=S(=O)([O-])c1ccccc1CO.O=S(=O)([O-])c1ccccc1CO.O=S(=O)([O-])c1ccccc1CO.[Al+3]. The van der Waals surface area contributed by atoms with E-state index in [1.807, 2.05) is 0 Å². The molecule has 3 N–H and O–H groups in total. The van der Waals surface area contributed by atoms with E-state index in [1.54, 1.807) is 18.2 Å². The Balaban J connectivity index is 0.000000518. The molecule has 0 spiro atoms. The van der Waals surface area contributed by atoms with Crippen molar-refractivity contribution in [3.63, 3.8) is 0 Å². The molecule has 0 unspecified atom stereocenters. The summed E-state index contributed by atoms with van der Waals surface area (Å²) >= 11 is 0. The Morgan fingerprint density at radius 1 is 0.459 bits per heavy atom. The van der Waals surface area contributed by atoms with Crippen LogP contribution in [0.3, 0.4) is 0 Å². The molecule has 198 valence electrons. The zero-order chi connectivity index (χ0) is 27.6. The van der Waals surface area contributed by atoms with E-state index < -0.39 is 50.2 Å². The minimum atomic E-state index is -4.46. The third-order valence-electron chi connectivity index (χ3n) is 4.24. The third-order valence-corrected chi connectivity index (χ3v) is 7.05. The monoisotopic (exact) mass is 588 g/mol. The van der Waals surface area contributed by atoms with Crippen LogP contribution in [0.15, 0.2) is 87.5 Å². The first-order valence-corrected chi connectivity index (χ1v) is 13.8. The van der Waals surface area contributed by atoms with Crippen LogP contribution in [0.25, 0.3) is 0 Å². The van der Waals surface area contributed by atoms with Crippen LogP contribution in [0.4, 0.5) is 0 Å². The van der Waals surface area contributed by atoms with Crippen LogP contribution < -0.4 is 0 Å². The number of benzene rings is 3. The molecule has 0 aromatic heterocycles. The van der Waals surface area contributed by atoms with Gasteiger partial charge in [-0.15, -0.1) is 0 Å². The van der Waals surface area contributed by atoms with E-state index in [9.17, 15) is 38.9 Å². The Kier molecular flexibility index (Phi) is 14.4. The van der Waals surface area contributed by atoms with Gasteiger partial charge in [0.2, 0.25) is 0 Å². The molecule has 12 nitrogen and oxygen atoms in total. The molecule has 0 aliphatic heterocycles. The van der Waals surface area contributed by atoms with E-state index in [0.29, 0.717) is 0 Å². The maximum Gasteiger partial charge on any atom is 3.00 e. The molecule has 16 heteroatoms. The summed E-state index contributed by atoms with van der Waals surface area (Å²) in [5.74, 6) is 0. The summed E-state index contributed by atoms with van der Waals surface area (Å²) in [6.07, 6.45) is 0. The van der Waals surface area contributed by atoms with Gasteiger partial charge in [-0.1, -0.05) is 54.6 Å². The summed E-state index contributed by atoms with van der Waals surface area (Å²) in [4.78, 5) is -1.06. The van der Waals surface area contributed by atoms with Crippen molar-refractivity contribution >= 4 is 47.7 Å². The summed E-state index contributed by atoms with van der Waals surface area (Å²) in [6, 6.07) is 16.7. The smallest absolute Gasteiger partial charge is 0.744 e. The summed E-state index contributed by atoms with van der Waals surface area (Å²) in [6.45, 7) is -1.34. The van der Waals surface area contributed by atoms with Gasteiger partial charge >= 0.3 is 17.4 Å². The summed E-state index contributed by atoms with van der Waals surface area (Å²) < 4.78 is 94.9. The van der Waals surface area contributed by atoms with E-state index in [4.69, 9.17) is 15.3 Å². The molecular weight excluding hydrogens is 567 g/mol. The van der Waals surface area contributed by atoms with Gasteiger partial charge in [0, 0.05) is 0 Å². The molecule has 0 saturated heterocycles. The van der Waals surface area contributed by atoms with E-state index in [0.717, 1.165) is 0 Å². The molecule has 37 heavy (non-hydrogen) atoms. The predicted molar refractivity (Wildman–Crippen MR) is 127 cm³/mol. The Morgan fingerprint density at radius 3 is 0.784 bits per heavy atom. The summed E-state index contributed by atoms with van der Waals surface area (Å²) in [7, 11) is -13.4. The molecule has 0 aliphatic carbocycles. The minimum Gasteiger partial charge on any atom is -0.744 e. The second-order valence-corrected chi connectivity index (χ2v) is 10.7. The molecule has 3 rings (SSSR count). The number of aliphatic hydroxyl groups excluding tert-OH is 3. The maximum absolute atomic E-state index is 10.5. The van der Waals surface area contributed by atoms with E-state index in [-0.39, 0.29) is 48.7 Å². The quantitative estimate of drug-likeness (QED) is 0.252. The van der Waals surface area contributed by atoms with Gasteiger partial charge in [-0.2, -0.15) is 0 Å². The van der Waals surface area contributed by atoms with Crippen LogP contribution in [0.1, 0.15) is 16.7 Å². The van der Waals surface area contributed by atoms with Crippen LogP contribution in [0, 0.1) is 0 Å². The van der Waals surface area contributed by atoms with Crippen LogP contribution in [-0.2, 0) is 50.2 Å². The van der Waals surface area contributed by atoms with Crippen LogP contribution >= 0.6 is 0 Å². The van der Waals surface area contributed by atoms with Crippen molar-refractivity contribution in [3.05, 3.63) is 89.5 Å². The number of aliphatic hydroxyl groups is 3. The molecule has 0 saturated carbocycles. The largest absolute Gasteiger partial charge is 3.00 e. The predicted octanol–water partition coefficient (Wildman–Crippen LogP) is -0.132. The zero-order valence-corrected chi connectivity index (χ0v) is 22.5. The van der Waals surface area contributed by atoms with Gasteiger partial charge in [0.1, 0.15) is 30.4 Å². The average Bonchev–Trinajstić information content (AvgIpc) is 2.83. The minimum absolute atomic E-state index is 0. The molecule has 0 atom stereocenters. The van der Waals surface area contributed by atoms with Gasteiger partial charge in [-0.3, -0.25) is 0 Å². The Hall–Kier alpha value is -2.20. The van der Waals surface area contributed by atoms with Gasteiger partial charge in [-0.05, 0) is 34.9 Å². The average molecular weight is 589 g/mol. The second kappa shape index (κ2) is 15.3. The van der Waals surface area contributed by atoms with E-state index in [2.05, 4.69) is 0 Å².